The van der Waals surface area contributed by atoms with Gasteiger partial charge in [-0.25, -0.2) is 4.39 Å². The van der Waals surface area contributed by atoms with E-state index in [-0.39, 0.29) is 36.2 Å². The van der Waals surface area contributed by atoms with Crippen molar-refractivity contribution in [2.45, 2.75) is 66.0 Å². The number of benzene rings is 2. The van der Waals surface area contributed by atoms with Crippen molar-refractivity contribution in [2.75, 3.05) is 13.2 Å². The number of amides is 2. The molecule has 0 saturated heterocycles. The van der Waals surface area contributed by atoms with Crippen LogP contribution in [0.15, 0.2) is 48.5 Å². The van der Waals surface area contributed by atoms with Gasteiger partial charge in [-0.2, -0.15) is 0 Å². The Morgan fingerprint density at radius 1 is 1.06 bits per heavy atom. The fraction of sp³-hybridized carbons (Fsp3) is 0.481. The van der Waals surface area contributed by atoms with Gasteiger partial charge in [-0.3, -0.25) is 9.59 Å². The van der Waals surface area contributed by atoms with E-state index in [1.165, 1.54) is 17.0 Å². The van der Waals surface area contributed by atoms with Gasteiger partial charge in [0.2, 0.25) is 5.91 Å². The van der Waals surface area contributed by atoms with E-state index in [9.17, 15) is 14.0 Å². The molecule has 2 amide bonds. The van der Waals surface area contributed by atoms with E-state index >= 15 is 0 Å². The van der Waals surface area contributed by atoms with Crippen LogP contribution in [0.1, 0.15) is 59.1 Å². The van der Waals surface area contributed by atoms with Crippen LogP contribution in [0, 0.1) is 11.7 Å². The van der Waals surface area contributed by atoms with Crippen molar-refractivity contribution in [3.63, 3.8) is 0 Å². The zero-order valence-corrected chi connectivity index (χ0v) is 20.7. The maximum atomic E-state index is 13.4. The second-order valence-corrected chi connectivity index (χ2v) is 9.75. The van der Waals surface area contributed by atoms with E-state index in [1.54, 1.807) is 12.1 Å². The minimum atomic E-state index is -0.650. The summed E-state index contributed by atoms with van der Waals surface area (Å²) in [6, 6.07) is 13.0. The number of para-hydroxylation sites is 1. The maximum absolute atomic E-state index is 13.4. The molecule has 1 atom stereocenters. The fourth-order valence-corrected chi connectivity index (χ4v) is 3.56. The van der Waals surface area contributed by atoms with Crippen molar-refractivity contribution in [3.8, 4) is 5.75 Å². The smallest absolute Gasteiger partial charge is 0.261 e. The number of nitrogens with zero attached hydrogens (tertiary/aromatic N) is 1. The van der Waals surface area contributed by atoms with Gasteiger partial charge in [-0.1, -0.05) is 71.9 Å². The van der Waals surface area contributed by atoms with Gasteiger partial charge in [-0.05, 0) is 47.1 Å². The molecular formula is C27H37FN2O3. The minimum absolute atomic E-state index is 0.143. The number of rotatable bonds is 10. The van der Waals surface area contributed by atoms with Crippen LogP contribution < -0.4 is 10.1 Å². The van der Waals surface area contributed by atoms with Gasteiger partial charge in [0.05, 0.1) is 0 Å². The van der Waals surface area contributed by atoms with Gasteiger partial charge in [-0.15, -0.1) is 0 Å². The molecule has 2 aromatic carbocycles. The summed E-state index contributed by atoms with van der Waals surface area (Å²) in [6.45, 7) is 12.7. The Morgan fingerprint density at radius 2 is 1.70 bits per heavy atom. The molecule has 0 unspecified atom stereocenters. The molecule has 180 valence electrons. The Bertz CT molecular complexity index is 920. The highest BCUT2D eigenvalue weighted by molar-refractivity contribution is 5.88. The fourth-order valence-electron chi connectivity index (χ4n) is 3.56. The number of hydrogen-bond acceptors (Lipinski definition) is 3. The summed E-state index contributed by atoms with van der Waals surface area (Å²) in [4.78, 5) is 27.8. The molecule has 0 bridgehead atoms. The molecular weight excluding hydrogens is 419 g/mol. The molecule has 0 aliphatic rings. The third kappa shape index (κ3) is 7.88. The van der Waals surface area contributed by atoms with Gasteiger partial charge in [0.1, 0.15) is 17.6 Å². The summed E-state index contributed by atoms with van der Waals surface area (Å²) in [5.74, 6) is 0.106. The zero-order chi connectivity index (χ0) is 24.6. The summed E-state index contributed by atoms with van der Waals surface area (Å²) in [7, 11) is 0. The molecule has 1 N–H and O–H groups in total. The molecule has 33 heavy (non-hydrogen) atoms. The first-order valence-electron chi connectivity index (χ1n) is 11.6. The lowest BCUT2D eigenvalue weighted by Gasteiger charge is -2.31. The van der Waals surface area contributed by atoms with Crippen LogP contribution in [-0.2, 0) is 21.5 Å². The van der Waals surface area contributed by atoms with Gasteiger partial charge < -0.3 is 15.0 Å². The van der Waals surface area contributed by atoms with Crippen molar-refractivity contribution in [3.05, 3.63) is 65.5 Å². The summed E-state index contributed by atoms with van der Waals surface area (Å²) < 4.78 is 19.3. The number of nitrogens with one attached hydrogen (secondary N) is 1. The number of carbonyl (C=O) groups excluding carboxylic acids is 2. The predicted octanol–water partition coefficient (Wildman–Crippen LogP) is 5.08. The lowest BCUT2D eigenvalue weighted by Crippen LogP contribution is -2.50. The third-order valence-electron chi connectivity index (χ3n) is 5.38. The van der Waals surface area contributed by atoms with E-state index in [1.807, 2.05) is 45.0 Å². The summed E-state index contributed by atoms with van der Waals surface area (Å²) in [5, 5.41) is 2.93. The van der Waals surface area contributed by atoms with E-state index in [0.717, 1.165) is 11.1 Å². The lowest BCUT2D eigenvalue weighted by molar-refractivity contribution is -0.143. The molecule has 6 heteroatoms. The van der Waals surface area contributed by atoms with Crippen molar-refractivity contribution in [1.29, 1.82) is 0 Å². The van der Waals surface area contributed by atoms with Crippen LogP contribution in [-0.4, -0.2) is 35.9 Å². The van der Waals surface area contributed by atoms with E-state index < -0.39 is 6.04 Å². The normalized spacial score (nSPS) is 12.4. The van der Waals surface area contributed by atoms with Gasteiger partial charge in [0.25, 0.3) is 5.91 Å². The second kappa shape index (κ2) is 11.8. The van der Waals surface area contributed by atoms with Gasteiger partial charge in [0, 0.05) is 13.1 Å². The Morgan fingerprint density at radius 3 is 2.27 bits per heavy atom. The maximum Gasteiger partial charge on any atom is 0.261 e. The molecule has 5 nitrogen and oxygen atoms in total. The second-order valence-electron chi connectivity index (χ2n) is 9.75. The molecule has 2 aromatic rings. The van der Waals surface area contributed by atoms with Crippen molar-refractivity contribution in [2.24, 2.45) is 5.92 Å². The Kier molecular flexibility index (Phi) is 9.44. The third-order valence-corrected chi connectivity index (χ3v) is 5.38. The van der Waals surface area contributed by atoms with Gasteiger partial charge in [0.15, 0.2) is 6.61 Å². The van der Waals surface area contributed by atoms with Crippen molar-refractivity contribution >= 4 is 11.8 Å². The molecule has 0 spiro atoms. The van der Waals surface area contributed by atoms with E-state index in [4.69, 9.17) is 4.74 Å². The number of halogens is 1. The highest BCUT2D eigenvalue weighted by atomic mass is 19.1. The average molecular weight is 457 g/mol. The topological polar surface area (TPSA) is 58.6 Å². The summed E-state index contributed by atoms with van der Waals surface area (Å²) in [5.41, 5.74) is 1.61. The first-order valence-corrected chi connectivity index (χ1v) is 11.6. The monoisotopic (exact) mass is 456 g/mol. The van der Waals surface area contributed by atoms with Crippen molar-refractivity contribution < 1.29 is 18.7 Å². The molecule has 0 aromatic heterocycles. The predicted molar refractivity (Wildman–Crippen MR) is 130 cm³/mol. The molecule has 2 rings (SSSR count). The standard InChI is InChI=1S/C27H37FN2O3/c1-7-23(26(32)29-16-19(2)3)30(17-20-12-14-21(28)15-13-20)25(31)18-33-24-11-9-8-10-22(24)27(4,5)6/h8-15,19,23H,7,16-18H2,1-6H3,(H,29,32)/t23-/m1/s1. The van der Waals surface area contributed by atoms with Crippen LogP contribution in [0.5, 0.6) is 5.75 Å². The summed E-state index contributed by atoms with van der Waals surface area (Å²) in [6.07, 6.45) is 0.454. The first-order chi connectivity index (χ1) is 15.5. The molecule has 0 fully saturated rings. The quantitative estimate of drug-likeness (QED) is 0.542. The Labute approximate surface area is 197 Å². The van der Waals surface area contributed by atoms with Crippen LogP contribution in [0.3, 0.4) is 0 Å². The highest BCUT2D eigenvalue weighted by Gasteiger charge is 2.29. The minimum Gasteiger partial charge on any atom is -0.483 e. The van der Waals surface area contributed by atoms with E-state index in [2.05, 4.69) is 26.1 Å². The van der Waals surface area contributed by atoms with Crippen LogP contribution in [0.25, 0.3) is 0 Å². The lowest BCUT2D eigenvalue weighted by atomic mass is 9.86. The SMILES string of the molecule is CC[C@H](C(=O)NCC(C)C)N(Cc1ccc(F)cc1)C(=O)COc1ccccc1C(C)(C)C. The molecule has 0 saturated carbocycles. The van der Waals surface area contributed by atoms with Crippen LogP contribution >= 0.6 is 0 Å². The Balaban J connectivity index is 2.25. The zero-order valence-electron chi connectivity index (χ0n) is 20.7. The molecule has 0 heterocycles. The van der Waals surface area contributed by atoms with Gasteiger partial charge >= 0.3 is 0 Å². The highest BCUT2D eigenvalue weighted by Crippen LogP contribution is 2.31. The number of ether oxygens (including phenoxy) is 1. The van der Waals surface area contributed by atoms with Crippen molar-refractivity contribution in [1.82, 2.24) is 10.2 Å². The average Bonchev–Trinajstić information content (AvgIpc) is 2.76. The summed E-state index contributed by atoms with van der Waals surface area (Å²) >= 11 is 0. The molecule has 0 aliphatic carbocycles. The van der Waals surface area contributed by atoms with Crippen LogP contribution in [0.4, 0.5) is 4.39 Å². The largest absolute Gasteiger partial charge is 0.483 e. The number of hydrogen-bond donors (Lipinski definition) is 1. The van der Waals surface area contributed by atoms with E-state index in [0.29, 0.717) is 24.6 Å². The van der Waals surface area contributed by atoms with Crippen LogP contribution in [0.2, 0.25) is 0 Å². The number of carbonyl (C=O) groups is 2. The first kappa shape index (κ1) is 26.4. The Hall–Kier alpha value is -2.89. The molecule has 0 radical (unpaired) electrons. The molecule has 0 aliphatic heterocycles.